The lowest BCUT2D eigenvalue weighted by Gasteiger charge is -2.23. The first-order chi connectivity index (χ1) is 12.5. The SMILES string of the molecule is Cc1cccc(CN(C(=O)CCc2ccc(OC(F)F)cc2)C2CC2)c1. The molecule has 138 valence electrons. The summed E-state index contributed by atoms with van der Waals surface area (Å²) in [4.78, 5) is 14.7. The van der Waals surface area contributed by atoms with E-state index in [2.05, 4.69) is 16.9 Å². The van der Waals surface area contributed by atoms with E-state index in [0.29, 0.717) is 25.4 Å². The van der Waals surface area contributed by atoms with Crippen LogP contribution in [0.5, 0.6) is 5.75 Å². The number of carbonyl (C=O) groups excluding carboxylic acids is 1. The Labute approximate surface area is 152 Å². The van der Waals surface area contributed by atoms with Gasteiger partial charge in [-0.1, -0.05) is 42.0 Å². The molecule has 2 aromatic rings. The highest BCUT2D eigenvalue weighted by Crippen LogP contribution is 2.29. The number of ether oxygens (including phenoxy) is 1. The van der Waals surface area contributed by atoms with Gasteiger partial charge in [0.2, 0.25) is 5.91 Å². The highest BCUT2D eigenvalue weighted by Gasteiger charge is 2.32. The van der Waals surface area contributed by atoms with Gasteiger partial charge in [-0.2, -0.15) is 8.78 Å². The predicted octanol–water partition coefficient (Wildman–Crippen LogP) is 4.72. The third-order valence-electron chi connectivity index (χ3n) is 4.52. The molecule has 1 amide bonds. The Morgan fingerprint density at radius 2 is 1.88 bits per heavy atom. The number of amides is 1. The number of hydrogen-bond acceptors (Lipinski definition) is 2. The summed E-state index contributed by atoms with van der Waals surface area (Å²) in [6, 6.07) is 15.1. The van der Waals surface area contributed by atoms with Crippen molar-refractivity contribution in [3.05, 3.63) is 65.2 Å². The van der Waals surface area contributed by atoms with E-state index in [-0.39, 0.29) is 11.7 Å². The molecule has 0 bridgehead atoms. The Kier molecular flexibility index (Phi) is 5.86. The van der Waals surface area contributed by atoms with Crippen LogP contribution in [0.15, 0.2) is 48.5 Å². The van der Waals surface area contributed by atoms with E-state index in [1.165, 1.54) is 17.7 Å². The van der Waals surface area contributed by atoms with Crippen molar-refractivity contribution >= 4 is 5.91 Å². The van der Waals surface area contributed by atoms with Gasteiger partial charge in [0, 0.05) is 19.0 Å². The number of nitrogens with zero attached hydrogens (tertiary/aromatic N) is 1. The van der Waals surface area contributed by atoms with Gasteiger partial charge in [-0.25, -0.2) is 0 Å². The molecule has 1 fully saturated rings. The molecule has 0 atom stereocenters. The maximum atomic E-state index is 12.7. The summed E-state index contributed by atoms with van der Waals surface area (Å²) in [6.45, 7) is -0.128. The van der Waals surface area contributed by atoms with Gasteiger partial charge in [-0.3, -0.25) is 4.79 Å². The molecular formula is C21H23F2NO2. The minimum Gasteiger partial charge on any atom is -0.435 e. The lowest BCUT2D eigenvalue weighted by molar-refractivity contribution is -0.132. The summed E-state index contributed by atoms with van der Waals surface area (Å²) in [6.07, 6.45) is 3.14. The second-order valence-corrected chi connectivity index (χ2v) is 6.76. The van der Waals surface area contributed by atoms with Gasteiger partial charge in [-0.15, -0.1) is 0 Å². The van der Waals surface area contributed by atoms with Gasteiger partial charge in [0.05, 0.1) is 0 Å². The molecule has 3 rings (SSSR count). The maximum absolute atomic E-state index is 12.7. The number of alkyl halides is 2. The van der Waals surface area contributed by atoms with Crippen LogP contribution in [0, 0.1) is 6.92 Å². The lowest BCUT2D eigenvalue weighted by atomic mass is 10.1. The molecule has 0 spiro atoms. The number of halogens is 2. The van der Waals surface area contributed by atoms with Crippen molar-refractivity contribution in [2.45, 2.75) is 51.8 Å². The summed E-state index contributed by atoms with van der Waals surface area (Å²) in [5.41, 5.74) is 3.28. The molecule has 0 radical (unpaired) electrons. The molecule has 1 aliphatic carbocycles. The molecule has 2 aromatic carbocycles. The molecule has 0 unspecified atom stereocenters. The molecule has 1 saturated carbocycles. The number of rotatable bonds is 8. The van der Waals surface area contributed by atoms with Crippen molar-refractivity contribution in [1.29, 1.82) is 0 Å². The predicted molar refractivity (Wildman–Crippen MR) is 96.1 cm³/mol. The van der Waals surface area contributed by atoms with E-state index in [1.807, 2.05) is 24.0 Å². The third kappa shape index (κ3) is 5.28. The molecule has 0 N–H and O–H groups in total. The van der Waals surface area contributed by atoms with Crippen LogP contribution in [0.3, 0.4) is 0 Å². The Morgan fingerprint density at radius 1 is 1.15 bits per heavy atom. The van der Waals surface area contributed by atoms with Crippen LogP contribution in [-0.4, -0.2) is 23.5 Å². The van der Waals surface area contributed by atoms with Crippen molar-refractivity contribution in [3.8, 4) is 5.75 Å². The lowest BCUT2D eigenvalue weighted by Crippen LogP contribution is -2.32. The van der Waals surface area contributed by atoms with Gasteiger partial charge >= 0.3 is 6.61 Å². The van der Waals surface area contributed by atoms with E-state index in [9.17, 15) is 13.6 Å². The second kappa shape index (κ2) is 8.30. The molecule has 3 nitrogen and oxygen atoms in total. The molecule has 5 heteroatoms. The van der Waals surface area contributed by atoms with Crippen molar-refractivity contribution in [2.24, 2.45) is 0 Å². The zero-order chi connectivity index (χ0) is 18.5. The monoisotopic (exact) mass is 359 g/mol. The van der Waals surface area contributed by atoms with Crippen LogP contribution in [0.4, 0.5) is 8.78 Å². The first-order valence-electron chi connectivity index (χ1n) is 8.90. The molecule has 1 aliphatic rings. The number of benzene rings is 2. The molecule has 26 heavy (non-hydrogen) atoms. The summed E-state index contributed by atoms with van der Waals surface area (Å²) < 4.78 is 28.7. The molecule has 0 aliphatic heterocycles. The minimum absolute atomic E-state index is 0.133. The van der Waals surface area contributed by atoms with Gasteiger partial charge in [0.15, 0.2) is 0 Å². The van der Waals surface area contributed by atoms with Crippen molar-refractivity contribution < 1.29 is 18.3 Å². The van der Waals surface area contributed by atoms with Gasteiger partial charge < -0.3 is 9.64 Å². The van der Waals surface area contributed by atoms with Crippen LogP contribution >= 0.6 is 0 Å². The van der Waals surface area contributed by atoms with E-state index in [1.54, 1.807) is 12.1 Å². The summed E-state index contributed by atoms with van der Waals surface area (Å²) in [5.74, 6) is 0.274. The fourth-order valence-electron chi connectivity index (χ4n) is 3.05. The third-order valence-corrected chi connectivity index (χ3v) is 4.52. The fraction of sp³-hybridized carbons (Fsp3) is 0.381. The van der Waals surface area contributed by atoms with Crippen LogP contribution in [0.25, 0.3) is 0 Å². The zero-order valence-corrected chi connectivity index (χ0v) is 14.8. The molecular weight excluding hydrogens is 336 g/mol. The van der Waals surface area contributed by atoms with E-state index in [0.717, 1.165) is 24.0 Å². The van der Waals surface area contributed by atoms with Gasteiger partial charge in [0.1, 0.15) is 5.75 Å². The highest BCUT2D eigenvalue weighted by molar-refractivity contribution is 5.77. The largest absolute Gasteiger partial charge is 0.435 e. The quantitative estimate of drug-likeness (QED) is 0.682. The van der Waals surface area contributed by atoms with E-state index >= 15 is 0 Å². The van der Waals surface area contributed by atoms with Crippen LogP contribution in [-0.2, 0) is 17.8 Å². The Bertz CT molecular complexity index is 742. The fourth-order valence-corrected chi connectivity index (χ4v) is 3.05. The smallest absolute Gasteiger partial charge is 0.387 e. The average molecular weight is 359 g/mol. The molecule has 0 aromatic heterocycles. The topological polar surface area (TPSA) is 29.5 Å². The Balaban J connectivity index is 1.56. The van der Waals surface area contributed by atoms with Crippen molar-refractivity contribution in [1.82, 2.24) is 4.90 Å². The van der Waals surface area contributed by atoms with Crippen molar-refractivity contribution in [2.75, 3.05) is 0 Å². The van der Waals surface area contributed by atoms with Crippen LogP contribution in [0.1, 0.15) is 36.0 Å². The average Bonchev–Trinajstić information content (AvgIpc) is 3.43. The minimum atomic E-state index is -2.82. The number of aryl methyl sites for hydroxylation is 2. The first-order valence-corrected chi connectivity index (χ1v) is 8.90. The van der Waals surface area contributed by atoms with Crippen molar-refractivity contribution in [3.63, 3.8) is 0 Å². The van der Waals surface area contributed by atoms with E-state index in [4.69, 9.17) is 0 Å². The number of hydrogen-bond donors (Lipinski definition) is 0. The Hall–Kier alpha value is -2.43. The number of carbonyl (C=O) groups is 1. The summed E-state index contributed by atoms with van der Waals surface area (Å²) in [7, 11) is 0. The second-order valence-electron chi connectivity index (χ2n) is 6.76. The first kappa shape index (κ1) is 18.4. The van der Waals surface area contributed by atoms with Gasteiger partial charge in [-0.05, 0) is 49.4 Å². The summed E-state index contributed by atoms with van der Waals surface area (Å²) >= 11 is 0. The molecule has 0 heterocycles. The van der Waals surface area contributed by atoms with Crippen LogP contribution in [0.2, 0.25) is 0 Å². The maximum Gasteiger partial charge on any atom is 0.387 e. The normalized spacial score (nSPS) is 13.7. The van der Waals surface area contributed by atoms with Crippen LogP contribution < -0.4 is 4.74 Å². The standard InChI is InChI=1S/C21H23F2NO2/c1-15-3-2-4-17(13-15)14-24(18-8-9-18)20(25)12-7-16-5-10-19(11-6-16)26-21(22)23/h2-6,10-11,13,18,21H,7-9,12,14H2,1H3. The Morgan fingerprint density at radius 3 is 2.50 bits per heavy atom. The summed E-state index contributed by atoms with van der Waals surface area (Å²) in [5, 5.41) is 0. The molecule has 0 saturated heterocycles. The van der Waals surface area contributed by atoms with E-state index < -0.39 is 6.61 Å². The van der Waals surface area contributed by atoms with Gasteiger partial charge in [0.25, 0.3) is 0 Å². The highest BCUT2D eigenvalue weighted by atomic mass is 19.3. The zero-order valence-electron chi connectivity index (χ0n) is 14.8.